The molecule has 2 aromatic carbocycles. The van der Waals surface area contributed by atoms with Gasteiger partial charge in [-0.05, 0) is 42.6 Å². The summed E-state index contributed by atoms with van der Waals surface area (Å²) in [6.07, 6.45) is 3.34. The average Bonchev–Trinajstić information content (AvgIpc) is 2.83. The zero-order valence-corrected chi connectivity index (χ0v) is 13.7. The Bertz CT molecular complexity index is 741. The number of esters is 1. The van der Waals surface area contributed by atoms with E-state index in [9.17, 15) is 4.79 Å². The molecule has 0 amide bonds. The van der Waals surface area contributed by atoms with Crippen molar-refractivity contribution in [3.05, 3.63) is 48.0 Å². The number of hydrogen-bond donors (Lipinski definition) is 0. The van der Waals surface area contributed by atoms with Gasteiger partial charge in [-0.15, -0.1) is 0 Å². The molecule has 23 heavy (non-hydrogen) atoms. The summed E-state index contributed by atoms with van der Waals surface area (Å²) in [4.78, 5) is 14.9. The summed E-state index contributed by atoms with van der Waals surface area (Å²) in [6.45, 7) is 0. The fourth-order valence-electron chi connectivity index (χ4n) is 4.71. The van der Waals surface area contributed by atoms with Crippen molar-refractivity contribution in [3.8, 4) is 0 Å². The molecule has 3 heteroatoms. The van der Waals surface area contributed by atoms with Gasteiger partial charge in [0.25, 0.3) is 0 Å². The number of hydrogen-bond acceptors (Lipinski definition) is 3. The number of ether oxygens (including phenoxy) is 1. The highest BCUT2D eigenvalue weighted by atomic mass is 16.5. The van der Waals surface area contributed by atoms with Crippen LogP contribution in [0.2, 0.25) is 0 Å². The van der Waals surface area contributed by atoms with Crippen LogP contribution in [-0.4, -0.2) is 37.1 Å². The summed E-state index contributed by atoms with van der Waals surface area (Å²) in [5.41, 5.74) is 1.28. The summed E-state index contributed by atoms with van der Waals surface area (Å²) in [6, 6.07) is 16.0. The highest BCUT2D eigenvalue weighted by molar-refractivity contribution is 5.83. The second kappa shape index (κ2) is 5.64. The Balaban J connectivity index is 1.76. The Labute approximate surface area is 137 Å². The van der Waals surface area contributed by atoms with Gasteiger partial charge in [0.05, 0.1) is 13.0 Å². The Morgan fingerprint density at radius 3 is 2.70 bits per heavy atom. The lowest BCUT2D eigenvalue weighted by Gasteiger charge is -2.41. The first-order valence-corrected chi connectivity index (χ1v) is 8.47. The maximum Gasteiger partial charge on any atom is 0.310 e. The fraction of sp³-hybridized carbons (Fsp3) is 0.450. The molecule has 2 heterocycles. The monoisotopic (exact) mass is 309 g/mol. The van der Waals surface area contributed by atoms with E-state index in [1.807, 2.05) is 0 Å². The molecule has 0 spiro atoms. The van der Waals surface area contributed by atoms with Crippen molar-refractivity contribution in [2.75, 3.05) is 14.2 Å². The van der Waals surface area contributed by atoms with E-state index < -0.39 is 0 Å². The molecule has 2 aliphatic heterocycles. The van der Waals surface area contributed by atoms with Crippen LogP contribution in [0.25, 0.3) is 10.8 Å². The lowest BCUT2D eigenvalue weighted by Crippen LogP contribution is -2.49. The molecule has 2 fully saturated rings. The maximum atomic E-state index is 12.5. The normalized spacial score (nSPS) is 30.5. The molecule has 2 bridgehead atoms. The number of piperidine rings is 1. The van der Waals surface area contributed by atoms with E-state index in [1.165, 1.54) is 29.9 Å². The van der Waals surface area contributed by atoms with Crippen molar-refractivity contribution < 1.29 is 9.53 Å². The molecular weight excluding hydrogens is 286 g/mol. The quantitative estimate of drug-likeness (QED) is 0.794. The number of methoxy groups -OCH3 is 1. The predicted octanol–water partition coefficient (Wildman–Crippen LogP) is 3.58. The van der Waals surface area contributed by atoms with Crippen molar-refractivity contribution in [2.45, 2.75) is 37.3 Å². The third-order valence-corrected chi connectivity index (χ3v) is 5.94. The van der Waals surface area contributed by atoms with Crippen LogP contribution in [0.1, 0.15) is 30.7 Å². The first-order valence-electron chi connectivity index (χ1n) is 8.47. The first kappa shape index (κ1) is 14.7. The molecule has 0 N–H and O–H groups in total. The SMILES string of the molecule is COC(=O)[C@@H]1C2CCC(C[C@@H]1c1ccc3ccccc3c1)N2C. The van der Waals surface area contributed by atoms with Gasteiger partial charge in [-0.3, -0.25) is 9.69 Å². The molecule has 0 saturated carbocycles. The average molecular weight is 309 g/mol. The number of rotatable bonds is 2. The van der Waals surface area contributed by atoms with Gasteiger partial charge in [0.2, 0.25) is 0 Å². The van der Waals surface area contributed by atoms with Crippen LogP contribution in [0.15, 0.2) is 42.5 Å². The summed E-state index contributed by atoms with van der Waals surface area (Å²) in [5, 5.41) is 2.50. The molecule has 3 nitrogen and oxygen atoms in total. The standard InChI is InChI=1S/C20H23NO2/c1-21-16-9-10-18(21)19(20(22)23-2)17(12-16)15-8-7-13-5-3-4-6-14(13)11-15/h3-8,11,16-19H,9-10,12H2,1-2H3/t16?,17-,18?,19+/m1/s1. The minimum Gasteiger partial charge on any atom is -0.469 e. The van der Waals surface area contributed by atoms with Gasteiger partial charge >= 0.3 is 5.97 Å². The van der Waals surface area contributed by atoms with Crippen molar-refractivity contribution in [2.24, 2.45) is 5.92 Å². The van der Waals surface area contributed by atoms with Gasteiger partial charge < -0.3 is 4.74 Å². The van der Waals surface area contributed by atoms with Crippen LogP contribution >= 0.6 is 0 Å². The third kappa shape index (κ3) is 2.34. The van der Waals surface area contributed by atoms with Gasteiger partial charge in [-0.1, -0.05) is 42.5 Å². The third-order valence-electron chi connectivity index (χ3n) is 5.94. The van der Waals surface area contributed by atoms with Crippen molar-refractivity contribution in [1.82, 2.24) is 4.90 Å². The lowest BCUT2D eigenvalue weighted by atomic mass is 9.76. The maximum absolute atomic E-state index is 12.5. The van der Waals surface area contributed by atoms with Crippen molar-refractivity contribution in [1.29, 1.82) is 0 Å². The van der Waals surface area contributed by atoms with Gasteiger partial charge in [-0.2, -0.15) is 0 Å². The van der Waals surface area contributed by atoms with E-state index in [2.05, 4.69) is 54.4 Å². The highest BCUT2D eigenvalue weighted by Gasteiger charge is 2.49. The molecule has 0 aliphatic carbocycles. The van der Waals surface area contributed by atoms with E-state index in [0.717, 1.165) is 12.8 Å². The van der Waals surface area contributed by atoms with Crippen LogP contribution in [0, 0.1) is 5.92 Å². The predicted molar refractivity (Wildman–Crippen MR) is 91.4 cm³/mol. The second-order valence-electron chi connectivity index (χ2n) is 6.96. The summed E-state index contributed by atoms with van der Waals surface area (Å²) in [5.74, 6) is 0.158. The smallest absolute Gasteiger partial charge is 0.310 e. The second-order valence-corrected chi connectivity index (χ2v) is 6.96. The molecule has 4 rings (SSSR count). The molecule has 2 aromatic rings. The lowest BCUT2D eigenvalue weighted by molar-refractivity contribution is -0.150. The van der Waals surface area contributed by atoms with Crippen LogP contribution in [0.4, 0.5) is 0 Å². The van der Waals surface area contributed by atoms with E-state index in [0.29, 0.717) is 12.1 Å². The zero-order valence-electron chi connectivity index (χ0n) is 13.7. The first-order chi connectivity index (χ1) is 11.2. The van der Waals surface area contributed by atoms with Gasteiger partial charge in [0.1, 0.15) is 0 Å². The Morgan fingerprint density at radius 1 is 1.13 bits per heavy atom. The van der Waals surface area contributed by atoms with Crippen molar-refractivity contribution in [3.63, 3.8) is 0 Å². The van der Waals surface area contributed by atoms with Gasteiger partial charge in [0.15, 0.2) is 0 Å². The van der Waals surface area contributed by atoms with E-state index >= 15 is 0 Å². The van der Waals surface area contributed by atoms with Crippen LogP contribution < -0.4 is 0 Å². The molecule has 0 aromatic heterocycles. The van der Waals surface area contributed by atoms with Gasteiger partial charge in [0, 0.05) is 18.0 Å². The van der Waals surface area contributed by atoms with E-state index in [-0.39, 0.29) is 17.8 Å². The van der Waals surface area contributed by atoms with E-state index in [4.69, 9.17) is 4.74 Å². The molecule has 120 valence electrons. The number of fused-ring (bicyclic) bond motifs is 3. The number of nitrogens with zero attached hydrogens (tertiary/aromatic N) is 1. The fourth-order valence-corrected chi connectivity index (χ4v) is 4.71. The minimum atomic E-state index is -0.0552. The molecule has 0 radical (unpaired) electrons. The van der Waals surface area contributed by atoms with Crippen LogP contribution in [-0.2, 0) is 9.53 Å². The number of benzene rings is 2. The topological polar surface area (TPSA) is 29.5 Å². The van der Waals surface area contributed by atoms with Crippen molar-refractivity contribution >= 4 is 16.7 Å². The largest absolute Gasteiger partial charge is 0.469 e. The van der Waals surface area contributed by atoms with Gasteiger partial charge in [-0.25, -0.2) is 0 Å². The molecule has 2 saturated heterocycles. The van der Waals surface area contributed by atoms with E-state index in [1.54, 1.807) is 0 Å². The molecule has 4 atom stereocenters. The summed E-state index contributed by atoms with van der Waals surface area (Å²) >= 11 is 0. The summed E-state index contributed by atoms with van der Waals surface area (Å²) in [7, 11) is 3.68. The molecule has 2 aliphatic rings. The number of carbonyl (C=O) groups is 1. The van der Waals surface area contributed by atoms with Crippen LogP contribution in [0.3, 0.4) is 0 Å². The molecule has 2 unspecified atom stereocenters. The van der Waals surface area contributed by atoms with Crippen LogP contribution in [0.5, 0.6) is 0 Å². The Morgan fingerprint density at radius 2 is 1.91 bits per heavy atom. The Hall–Kier alpha value is -1.87. The highest BCUT2D eigenvalue weighted by Crippen LogP contribution is 2.46. The summed E-state index contributed by atoms with van der Waals surface area (Å²) < 4.78 is 5.16. The minimum absolute atomic E-state index is 0.0510. The Kier molecular flexibility index (Phi) is 3.61. The molecular formula is C20H23NO2. The number of carbonyl (C=O) groups excluding carboxylic acids is 1. The zero-order chi connectivity index (χ0) is 16.0.